The van der Waals surface area contributed by atoms with Crippen molar-refractivity contribution in [1.29, 1.82) is 0 Å². The molecule has 0 aliphatic heterocycles. The third kappa shape index (κ3) is 3.26. The fraction of sp³-hybridized carbons (Fsp3) is 0.375. The highest BCUT2D eigenvalue weighted by Crippen LogP contribution is 2.20. The number of para-hydroxylation sites is 1. The molecule has 2 N–H and O–H groups in total. The Morgan fingerprint density at radius 1 is 1.25 bits per heavy atom. The van der Waals surface area contributed by atoms with Gasteiger partial charge in [0.1, 0.15) is 5.82 Å². The third-order valence-electron chi connectivity index (χ3n) is 3.28. The van der Waals surface area contributed by atoms with Crippen LogP contribution in [0.2, 0.25) is 0 Å². The monoisotopic (exact) mass is 271 g/mol. The molecule has 20 heavy (non-hydrogen) atoms. The number of pyridine rings is 1. The van der Waals surface area contributed by atoms with Crippen molar-refractivity contribution < 1.29 is 4.79 Å². The first-order chi connectivity index (χ1) is 9.76. The number of nitrogens with zero attached hydrogens (tertiary/aromatic N) is 1. The van der Waals surface area contributed by atoms with Gasteiger partial charge in [0.15, 0.2) is 0 Å². The zero-order valence-corrected chi connectivity index (χ0v) is 12.1. The van der Waals surface area contributed by atoms with Crippen molar-refractivity contribution in [3.8, 4) is 0 Å². The van der Waals surface area contributed by atoms with Gasteiger partial charge in [0.2, 0.25) is 0 Å². The largest absolute Gasteiger partial charge is 0.373 e. The molecule has 0 aliphatic carbocycles. The number of fused-ring (bicyclic) bond motifs is 1. The molecule has 0 fully saturated rings. The lowest BCUT2D eigenvalue weighted by Crippen LogP contribution is -2.24. The number of carbonyl (C=O) groups excluding carboxylic acids is 1. The molecule has 0 saturated heterocycles. The first-order valence-electron chi connectivity index (χ1n) is 7.12. The number of unbranched alkanes of at least 4 members (excludes halogenated alkanes) is 2. The Kier molecular flexibility index (Phi) is 4.93. The minimum absolute atomic E-state index is 0.0313. The number of hydrogen-bond donors (Lipinski definition) is 2. The fourth-order valence-electron chi connectivity index (χ4n) is 2.16. The molecule has 106 valence electrons. The summed E-state index contributed by atoms with van der Waals surface area (Å²) in [7, 11) is 1.81. The van der Waals surface area contributed by atoms with Crippen LogP contribution in [0.15, 0.2) is 30.3 Å². The first kappa shape index (κ1) is 14.3. The Balaban J connectivity index is 2.25. The molecule has 0 radical (unpaired) electrons. The van der Waals surface area contributed by atoms with E-state index in [9.17, 15) is 4.79 Å². The van der Waals surface area contributed by atoms with Gasteiger partial charge in [-0.05, 0) is 18.6 Å². The average Bonchev–Trinajstić information content (AvgIpc) is 2.50. The number of nitrogens with one attached hydrogen (secondary N) is 2. The predicted molar refractivity (Wildman–Crippen MR) is 83.1 cm³/mol. The maximum atomic E-state index is 12.3. The number of amides is 1. The van der Waals surface area contributed by atoms with Gasteiger partial charge >= 0.3 is 0 Å². The van der Waals surface area contributed by atoms with E-state index in [0.717, 1.165) is 36.7 Å². The van der Waals surface area contributed by atoms with Crippen LogP contribution >= 0.6 is 0 Å². The number of rotatable bonds is 6. The molecule has 0 spiro atoms. The minimum Gasteiger partial charge on any atom is -0.373 e. The lowest BCUT2D eigenvalue weighted by atomic mass is 10.1. The third-order valence-corrected chi connectivity index (χ3v) is 3.28. The minimum atomic E-state index is -0.0313. The predicted octanol–water partition coefficient (Wildman–Crippen LogP) is 3.20. The van der Waals surface area contributed by atoms with Crippen LogP contribution < -0.4 is 10.6 Å². The second kappa shape index (κ2) is 6.89. The zero-order valence-electron chi connectivity index (χ0n) is 12.1. The van der Waals surface area contributed by atoms with Gasteiger partial charge in [0.25, 0.3) is 5.91 Å². The summed E-state index contributed by atoms with van der Waals surface area (Å²) in [5.74, 6) is 0.679. The lowest BCUT2D eigenvalue weighted by Gasteiger charge is -2.10. The standard InChI is InChI=1S/C16H21N3O/c1-3-4-7-10-18-16(20)13-11-15(17-2)19-14-9-6-5-8-12(13)14/h5-6,8-9,11H,3-4,7,10H2,1-2H3,(H,17,19)(H,18,20). The van der Waals surface area contributed by atoms with Crippen LogP contribution in [-0.4, -0.2) is 24.5 Å². The molecule has 1 amide bonds. The number of hydrogen-bond acceptors (Lipinski definition) is 3. The summed E-state index contributed by atoms with van der Waals surface area (Å²) in [5, 5.41) is 6.87. The van der Waals surface area contributed by atoms with E-state index in [1.54, 1.807) is 13.1 Å². The zero-order chi connectivity index (χ0) is 14.4. The smallest absolute Gasteiger partial charge is 0.252 e. The highest BCUT2D eigenvalue weighted by atomic mass is 16.1. The summed E-state index contributed by atoms with van der Waals surface area (Å²) in [6, 6.07) is 9.51. The average molecular weight is 271 g/mol. The fourth-order valence-corrected chi connectivity index (χ4v) is 2.16. The van der Waals surface area contributed by atoms with Gasteiger partial charge in [-0.15, -0.1) is 0 Å². The highest BCUT2D eigenvalue weighted by Gasteiger charge is 2.11. The van der Waals surface area contributed by atoms with Crippen molar-refractivity contribution >= 4 is 22.6 Å². The van der Waals surface area contributed by atoms with E-state index >= 15 is 0 Å². The number of carbonyl (C=O) groups is 1. The Hall–Kier alpha value is -2.10. The van der Waals surface area contributed by atoms with Crippen LogP contribution in [0.1, 0.15) is 36.5 Å². The molecule has 0 aliphatic rings. The molecular weight excluding hydrogens is 250 g/mol. The van der Waals surface area contributed by atoms with E-state index in [-0.39, 0.29) is 5.91 Å². The summed E-state index contributed by atoms with van der Waals surface area (Å²) in [4.78, 5) is 16.8. The first-order valence-corrected chi connectivity index (χ1v) is 7.12. The molecule has 2 aromatic rings. The Labute approximate surface area is 119 Å². The maximum Gasteiger partial charge on any atom is 0.252 e. The van der Waals surface area contributed by atoms with Gasteiger partial charge in [-0.1, -0.05) is 38.0 Å². The molecule has 0 unspecified atom stereocenters. The lowest BCUT2D eigenvalue weighted by molar-refractivity contribution is 0.0954. The molecule has 0 bridgehead atoms. The van der Waals surface area contributed by atoms with E-state index in [0.29, 0.717) is 11.4 Å². The summed E-state index contributed by atoms with van der Waals surface area (Å²) in [6.07, 6.45) is 3.31. The highest BCUT2D eigenvalue weighted by molar-refractivity contribution is 6.06. The second-order valence-corrected chi connectivity index (χ2v) is 4.79. The van der Waals surface area contributed by atoms with Crippen LogP contribution in [0.25, 0.3) is 10.9 Å². The van der Waals surface area contributed by atoms with Crippen LogP contribution in [0.5, 0.6) is 0 Å². The SMILES string of the molecule is CCCCCNC(=O)c1cc(NC)nc2ccccc12. The summed E-state index contributed by atoms with van der Waals surface area (Å²) < 4.78 is 0. The molecule has 4 heteroatoms. The Bertz CT molecular complexity index is 595. The quantitative estimate of drug-likeness (QED) is 0.793. The normalized spacial score (nSPS) is 10.5. The summed E-state index contributed by atoms with van der Waals surface area (Å²) in [5.41, 5.74) is 1.51. The molecular formula is C16H21N3O. The maximum absolute atomic E-state index is 12.3. The van der Waals surface area contributed by atoms with Crippen LogP contribution in [0.3, 0.4) is 0 Å². The van der Waals surface area contributed by atoms with Crippen LogP contribution in [0.4, 0.5) is 5.82 Å². The van der Waals surface area contributed by atoms with Crippen LogP contribution in [0, 0.1) is 0 Å². The van der Waals surface area contributed by atoms with Gasteiger partial charge in [-0.3, -0.25) is 4.79 Å². The molecule has 0 saturated carbocycles. The molecule has 1 aromatic heterocycles. The van der Waals surface area contributed by atoms with E-state index in [4.69, 9.17) is 0 Å². The van der Waals surface area contributed by atoms with Gasteiger partial charge in [0, 0.05) is 19.0 Å². The number of aromatic nitrogens is 1. The van der Waals surface area contributed by atoms with E-state index < -0.39 is 0 Å². The van der Waals surface area contributed by atoms with Crippen LogP contribution in [-0.2, 0) is 0 Å². The molecule has 1 heterocycles. The molecule has 4 nitrogen and oxygen atoms in total. The number of anilines is 1. The topological polar surface area (TPSA) is 54.0 Å². The summed E-state index contributed by atoms with van der Waals surface area (Å²) >= 11 is 0. The molecule has 2 rings (SSSR count). The van der Waals surface area contributed by atoms with E-state index in [1.165, 1.54) is 0 Å². The molecule has 0 atom stereocenters. The van der Waals surface area contributed by atoms with Gasteiger partial charge < -0.3 is 10.6 Å². The van der Waals surface area contributed by atoms with Crippen molar-refractivity contribution in [2.45, 2.75) is 26.2 Å². The van der Waals surface area contributed by atoms with E-state index in [1.807, 2.05) is 24.3 Å². The number of benzene rings is 1. The van der Waals surface area contributed by atoms with Crippen molar-refractivity contribution in [1.82, 2.24) is 10.3 Å². The van der Waals surface area contributed by atoms with E-state index in [2.05, 4.69) is 22.5 Å². The van der Waals surface area contributed by atoms with Crippen molar-refractivity contribution in [2.24, 2.45) is 0 Å². The van der Waals surface area contributed by atoms with Crippen molar-refractivity contribution in [3.05, 3.63) is 35.9 Å². The van der Waals surface area contributed by atoms with Gasteiger partial charge in [0.05, 0.1) is 11.1 Å². The Morgan fingerprint density at radius 3 is 2.80 bits per heavy atom. The second-order valence-electron chi connectivity index (χ2n) is 4.79. The molecule has 1 aromatic carbocycles. The van der Waals surface area contributed by atoms with Gasteiger partial charge in [-0.2, -0.15) is 0 Å². The summed E-state index contributed by atoms with van der Waals surface area (Å²) in [6.45, 7) is 2.87. The Morgan fingerprint density at radius 2 is 2.05 bits per heavy atom. The van der Waals surface area contributed by atoms with Crippen molar-refractivity contribution in [2.75, 3.05) is 18.9 Å². The van der Waals surface area contributed by atoms with Crippen molar-refractivity contribution in [3.63, 3.8) is 0 Å². The van der Waals surface area contributed by atoms with Gasteiger partial charge in [-0.25, -0.2) is 4.98 Å².